The third-order valence-corrected chi connectivity index (χ3v) is 5.60. The Labute approximate surface area is 122 Å². The fourth-order valence-corrected chi connectivity index (χ4v) is 4.26. The topological polar surface area (TPSA) is 12.0 Å². The highest BCUT2D eigenvalue weighted by Crippen LogP contribution is 2.29. The normalized spacial score (nSPS) is 24.3. The summed E-state index contributed by atoms with van der Waals surface area (Å²) in [4.78, 5) is 3.15. The number of rotatable bonds is 6. The van der Waals surface area contributed by atoms with Gasteiger partial charge >= 0.3 is 0 Å². The molecule has 0 spiro atoms. The summed E-state index contributed by atoms with van der Waals surface area (Å²) >= 11 is 2.03. The van der Waals surface area contributed by atoms with Gasteiger partial charge in [0.15, 0.2) is 0 Å². The van der Waals surface area contributed by atoms with Crippen molar-refractivity contribution >= 4 is 11.3 Å². The van der Waals surface area contributed by atoms with Crippen LogP contribution >= 0.6 is 11.3 Å². The van der Waals surface area contributed by atoms with E-state index < -0.39 is 0 Å². The lowest BCUT2D eigenvalue weighted by atomic mass is 9.91. The lowest BCUT2D eigenvalue weighted by molar-refractivity contribution is 0.334. The predicted molar refractivity (Wildman–Crippen MR) is 86.1 cm³/mol. The van der Waals surface area contributed by atoms with E-state index in [9.17, 15) is 0 Å². The quantitative estimate of drug-likeness (QED) is 0.737. The van der Waals surface area contributed by atoms with Crippen LogP contribution in [-0.4, -0.2) is 12.6 Å². The van der Waals surface area contributed by atoms with Crippen LogP contribution in [0.15, 0.2) is 12.1 Å². The summed E-state index contributed by atoms with van der Waals surface area (Å²) in [5.74, 6) is 0.859. The molecule has 0 bridgehead atoms. The highest BCUT2D eigenvalue weighted by molar-refractivity contribution is 7.11. The molecule has 0 radical (unpaired) electrons. The van der Waals surface area contributed by atoms with Crippen LogP contribution < -0.4 is 5.32 Å². The van der Waals surface area contributed by atoms with Crippen molar-refractivity contribution in [1.82, 2.24) is 5.32 Å². The highest BCUT2D eigenvalue weighted by atomic mass is 32.1. The third-order valence-electron chi connectivity index (χ3n) is 4.34. The second kappa shape index (κ2) is 8.06. The number of hydrogen-bond acceptors (Lipinski definition) is 2. The molecule has 1 aliphatic carbocycles. The molecule has 19 heavy (non-hydrogen) atoms. The number of nitrogens with one attached hydrogen (secondary N) is 1. The van der Waals surface area contributed by atoms with Gasteiger partial charge in [-0.15, -0.1) is 11.3 Å². The zero-order valence-corrected chi connectivity index (χ0v) is 13.4. The molecule has 1 aromatic rings. The maximum absolute atomic E-state index is 3.81. The van der Waals surface area contributed by atoms with E-state index in [0.717, 1.165) is 12.0 Å². The lowest BCUT2D eigenvalue weighted by Gasteiger charge is -2.26. The predicted octanol–water partition coefficient (Wildman–Crippen LogP) is 4.80. The van der Waals surface area contributed by atoms with Crippen molar-refractivity contribution in [3.8, 4) is 0 Å². The van der Waals surface area contributed by atoms with Crippen LogP contribution in [0.5, 0.6) is 0 Å². The number of hydrogen-bond donors (Lipinski definition) is 1. The van der Waals surface area contributed by atoms with Gasteiger partial charge < -0.3 is 5.32 Å². The van der Waals surface area contributed by atoms with Gasteiger partial charge in [-0.2, -0.15) is 0 Å². The zero-order chi connectivity index (χ0) is 13.5. The molecular weight excluding hydrogens is 250 g/mol. The number of aryl methyl sites for hydroxylation is 1. The molecule has 108 valence electrons. The van der Waals surface area contributed by atoms with E-state index in [-0.39, 0.29) is 0 Å². The molecule has 0 amide bonds. The monoisotopic (exact) mass is 279 g/mol. The average Bonchev–Trinajstić information content (AvgIpc) is 2.77. The second-order valence-corrected chi connectivity index (χ2v) is 7.14. The van der Waals surface area contributed by atoms with Crippen LogP contribution in [-0.2, 0) is 12.8 Å². The third kappa shape index (κ3) is 4.61. The Balaban J connectivity index is 1.96. The van der Waals surface area contributed by atoms with Crippen molar-refractivity contribution in [2.75, 3.05) is 6.54 Å². The number of thiophene rings is 1. The molecule has 0 saturated heterocycles. The van der Waals surface area contributed by atoms with Gasteiger partial charge in [0.25, 0.3) is 0 Å². The average molecular weight is 279 g/mol. The van der Waals surface area contributed by atoms with Crippen LogP contribution in [0.4, 0.5) is 0 Å². The van der Waals surface area contributed by atoms with Gasteiger partial charge in [-0.1, -0.05) is 33.1 Å². The first-order chi connectivity index (χ1) is 9.33. The Morgan fingerprint density at radius 3 is 2.63 bits per heavy atom. The van der Waals surface area contributed by atoms with Gasteiger partial charge in [0, 0.05) is 15.8 Å². The van der Waals surface area contributed by atoms with Crippen molar-refractivity contribution in [3.63, 3.8) is 0 Å². The first-order valence-electron chi connectivity index (χ1n) is 8.14. The van der Waals surface area contributed by atoms with E-state index in [4.69, 9.17) is 0 Å². The molecule has 1 aromatic heterocycles. The maximum atomic E-state index is 3.81. The molecule has 2 atom stereocenters. The largest absolute Gasteiger partial charge is 0.314 e. The summed E-state index contributed by atoms with van der Waals surface area (Å²) < 4.78 is 0. The summed E-state index contributed by atoms with van der Waals surface area (Å²) in [5.41, 5.74) is 0. The molecule has 2 heteroatoms. The van der Waals surface area contributed by atoms with Crippen LogP contribution in [0.1, 0.15) is 62.1 Å². The van der Waals surface area contributed by atoms with E-state index in [2.05, 4.69) is 31.3 Å². The van der Waals surface area contributed by atoms with E-state index in [0.29, 0.717) is 0 Å². The molecule has 1 heterocycles. The van der Waals surface area contributed by atoms with Crippen molar-refractivity contribution in [2.24, 2.45) is 5.92 Å². The molecule has 2 unspecified atom stereocenters. The first-order valence-corrected chi connectivity index (χ1v) is 8.96. The molecule has 1 N–H and O–H groups in total. The Hall–Kier alpha value is -0.340. The summed E-state index contributed by atoms with van der Waals surface area (Å²) in [7, 11) is 0. The highest BCUT2D eigenvalue weighted by Gasteiger charge is 2.23. The van der Waals surface area contributed by atoms with Crippen LogP contribution in [0, 0.1) is 5.92 Å². The molecule has 0 aliphatic heterocycles. The van der Waals surface area contributed by atoms with Crippen molar-refractivity contribution in [1.29, 1.82) is 0 Å². The van der Waals surface area contributed by atoms with Gasteiger partial charge in [0.1, 0.15) is 0 Å². The minimum atomic E-state index is 0.759. The maximum Gasteiger partial charge on any atom is 0.00987 e. The molecule has 1 aliphatic rings. The fraction of sp³-hybridized carbons (Fsp3) is 0.765. The Morgan fingerprint density at radius 2 is 1.89 bits per heavy atom. The summed E-state index contributed by atoms with van der Waals surface area (Å²) in [5, 5.41) is 3.81. The van der Waals surface area contributed by atoms with E-state index in [1.807, 2.05) is 11.3 Å². The SMILES string of the molecule is CCCNC1CCCCCC1Cc1ccc(CC)s1. The van der Waals surface area contributed by atoms with Gasteiger partial charge in [-0.3, -0.25) is 0 Å². The lowest BCUT2D eigenvalue weighted by Crippen LogP contribution is -2.36. The Morgan fingerprint density at radius 1 is 1.11 bits per heavy atom. The standard InChI is InChI=1S/C17H29NS/c1-3-12-18-17-9-7-5-6-8-14(17)13-16-11-10-15(4-2)19-16/h10-11,14,17-18H,3-9,12-13H2,1-2H3. The molecule has 1 fully saturated rings. The van der Waals surface area contributed by atoms with Gasteiger partial charge in [-0.05, 0) is 56.7 Å². The summed E-state index contributed by atoms with van der Waals surface area (Å²) in [6.07, 6.45) is 10.8. The zero-order valence-electron chi connectivity index (χ0n) is 12.6. The van der Waals surface area contributed by atoms with Crippen LogP contribution in [0.2, 0.25) is 0 Å². The summed E-state index contributed by atoms with van der Waals surface area (Å²) in [6.45, 7) is 5.71. The van der Waals surface area contributed by atoms with Gasteiger partial charge in [-0.25, -0.2) is 0 Å². The first kappa shape index (κ1) is 15.1. The van der Waals surface area contributed by atoms with Crippen molar-refractivity contribution in [3.05, 3.63) is 21.9 Å². The minimum Gasteiger partial charge on any atom is -0.314 e. The van der Waals surface area contributed by atoms with Crippen LogP contribution in [0.25, 0.3) is 0 Å². The summed E-state index contributed by atoms with van der Waals surface area (Å²) in [6, 6.07) is 5.45. The molecule has 1 saturated carbocycles. The van der Waals surface area contributed by atoms with E-state index in [1.165, 1.54) is 57.9 Å². The molecule has 2 rings (SSSR count). The van der Waals surface area contributed by atoms with Gasteiger partial charge in [0.05, 0.1) is 0 Å². The van der Waals surface area contributed by atoms with E-state index in [1.54, 1.807) is 9.75 Å². The smallest absolute Gasteiger partial charge is 0.00987 e. The van der Waals surface area contributed by atoms with Gasteiger partial charge in [0.2, 0.25) is 0 Å². The van der Waals surface area contributed by atoms with Crippen molar-refractivity contribution < 1.29 is 0 Å². The van der Waals surface area contributed by atoms with E-state index >= 15 is 0 Å². The second-order valence-electron chi connectivity index (χ2n) is 5.88. The Kier molecular flexibility index (Phi) is 6.39. The fourth-order valence-electron chi connectivity index (χ4n) is 3.21. The molecule has 0 aromatic carbocycles. The minimum absolute atomic E-state index is 0.759. The Bertz CT molecular complexity index is 358. The van der Waals surface area contributed by atoms with Crippen molar-refractivity contribution in [2.45, 2.75) is 71.3 Å². The molecular formula is C17H29NS. The van der Waals surface area contributed by atoms with Crippen LogP contribution in [0.3, 0.4) is 0 Å². The molecule has 1 nitrogen and oxygen atoms in total.